The van der Waals surface area contributed by atoms with E-state index in [2.05, 4.69) is 10.5 Å². The molecule has 0 bridgehead atoms. The number of carbonyl (C=O) groups excluding carboxylic acids is 1. The summed E-state index contributed by atoms with van der Waals surface area (Å²) in [5.41, 5.74) is 4.09. The van der Waals surface area contributed by atoms with Crippen LogP contribution >= 0.6 is 0 Å². The lowest BCUT2D eigenvalue weighted by Gasteiger charge is -2.02. The van der Waals surface area contributed by atoms with Gasteiger partial charge in [-0.15, -0.1) is 0 Å². The number of nitrogens with zero attached hydrogens (tertiary/aromatic N) is 1. The number of hydrogen-bond acceptors (Lipinski definition) is 2. The summed E-state index contributed by atoms with van der Waals surface area (Å²) < 4.78 is 0. The zero-order valence-corrected chi connectivity index (χ0v) is 8.45. The molecule has 0 spiro atoms. The van der Waals surface area contributed by atoms with Crippen molar-refractivity contribution < 1.29 is 4.79 Å². The van der Waals surface area contributed by atoms with Crippen molar-refractivity contribution in [2.75, 3.05) is 0 Å². The van der Waals surface area contributed by atoms with Crippen LogP contribution in [0.5, 0.6) is 0 Å². The number of carbonyl (C=O) groups is 1. The molecule has 0 radical (unpaired) electrons. The lowest BCUT2D eigenvalue weighted by Crippen LogP contribution is -2.18. The number of amides is 1. The van der Waals surface area contributed by atoms with Gasteiger partial charge in [-0.2, -0.15) is 5.10 Å². The standard InChI is InChI=1S/C11H14N2O/c1-3-8-12-13-11(14)10-7-5-4-6-9(10)2/h4-8H,3H2,1-2H3,(H,13,14)/b12-8-. The average Bonchev–Trinajstić information content (AvgIpc) is 2.18. The molecule has 0 saturated heterocycles. The smallest absolute Gasteiger partial charge is 0.267 e. The van der Waals surface area contributed by atoms with Gasteiger partial charge in [0.05, 0.1) is 0 Å². The van der Waals surface area contributed by atoms with Crippen LogP contribution in [0.3, 0.4) is 0 Å². The third-order valence-corrected chi connectivity index (χ3v) is 1.83. The van der Waals surface area contributed by atoms with Gasteiger partial charge in [0.1, 0.15) is 0 Å². The second-order valence-electron chi connectivity index (χ2n) is 2.98. The Hall–Kier alpha value is -1.64. The van der Waals surface area contributed by atoms with Crippen LogP contribution < -0.4 is 5.43 Å². The van der Waals surface area contributed by atoms with Crippen molar-refractivity contribution in [3.63, 3.8) is 0 Å². The highest BCUT2D eigenvalue weighted by Gasteiger charge is 2.05. The Kier molecular flexibility index (Phi) is 3.85. The molecule has 1 N–H and O–H groups in total. The second-order valence-corrected chi connectivity index (χ2v) is 2.98. The molecule has 1 aromatic rings. The van der Waals surface area contributed by atoms with Crippen LogP contribution in [0.1, 0.15) is 29.3 Å². The summed E-state index contributed by atoms with van der Waals surface area (Å²) in [6, 6.07) is 7.43. The van der Waals surface area contributed by atoms with Crippen molar-refractivity contribution in [1.29, 1.82) is 0 Å². The first kappa shape index (κ1) is 10.4. The Morgan fingerprint density at radius 2 is 2.21 bits per heavy atom. The molecular weight excluding hydrogens is 176 g/mol. The SMILES string of the molecule is CC/C=N\NC(=O)c1ccccc1C. The number of rotatable bonds is 3. The topological polar surface area (TPSA) is 41.5 Å². The molecule has 1 amide bonds. The predicted octanol–water partition coefficient (Wildman–Crippen LogP) is 2.12. The van der Waals surface area contributed by atoms with E-state index >= 15 is 0 Å². The molecular formula is C11H14N2O. The van der Waals surface area contributed by atoms with Gasteiger partial charge >= 0.3 is 0 Å². The average molecular weight is 190 g/mol. The van der Waals surface area contributed by atoms with Gasteiger partial charge in [-0.1, -0.05) is 25.1 Å². The fourth-order valence-corrected chi connectivity index (χ4v) is 1.08. The van der Waals surface area contributed by atoms with Gasteiger partial charge in [0.2, 0.25) is 0 Å². The molecule has 0 aliphatic heterocycles. The summed E-state index contributed by atoms with van der Waals surface area (Å²) in [7, 11) is 0. The van der Waals surface area contributed by atoms with Gasteiger partial charge in [-0.25, -0.2) is 5.43 Å². The van der Waals surface area contributed by atoms with E-state index in [0.717, 1.165) is 12.0 Å². The van der Waals surface area contributed by atoms with Crippen molar-refractivity contribution in [1.82, 2.24) is 5.43 Å². The van der Waals surface area contributed by atoms with Crippen molar-refractivity contribution in [2.24, 2.45) is 5.10 Å². The highest BCUT2D eigenvalue weighted by molar-refractivity contribution is 5.95. The quantitative estimate of drug-likeness (QED) is 0.575. The van der Waals surface area contributed by atoms with Gasteiger partial charge in [-0.3, -0.25) is 4.79 Å². The molecule has 74 valence electrons. The van der Waals surface area contributed by atoms with Crippen LogP contribution in [0.15, 0.2) is 29.4 Å². The predicted molar refractivity (Wildman–Crippen MR) is 57.4 cm³/mol. The molecule has 0 unspecified atom stereocenters. The van der Waals surface area contributed by atoms with Gasteiger partial charge < -0.3 is 0 Å². The molecule has 0 heterocycles. The van der Waals surface area contributed by atoms with E-state index in [1.165, 1.54) is 0 Å². The van der Waals surface area contributed by atoms with E-state index in [4.69, 9.17) is 0 Å². The molecule has 3 nitrogen and oxygen atoms in total. The summed E-state index contributed by atoms with van der Waals surface area (Å²) in [6.07, 6.45) is 2.48. The number of benzene rings is 1. The van der Waals surface area contributed by atoms with Crippen molar-refractivity contribution in [3.8, 4) is 0 Å². The Balaban J connectivity index is 2.70. The maximum Gasteiger partial charge on any atom is 0.271 e. The zero-order chi connectivity index (χ0) is 10.4. The lowest BCUT2D eigenvalue weighted by molar-refractivity contribution is 0.0954. The first-order chi connectivity index (χ1) is 6.75. The van der Waals surface area contributed by atoms with Gasteiger partial charge in [0, 0.05) is 11.8 Å². The van der Waals surface area contributed by atoms with E-state index < -0.39 is 0 Å². The minimum absolute atomic E-state index is 0.159. The molecule has 0 aliphatic rings. The first-order valence-corrected chi connectivity index (χ1v) is 4.63. The summed E-state index contributed by atoms with van der Waals surface area (Å²) in [6.45, 7) is 3.86. The van der Waals surface area contributed by atoms with E-state index in [-0.39, 0.29) is 5.91 Å². The van der Waals surface area contributed by atoms with Crippen LogP contribution in [-0.4, -0.2) is 12.1 Å². The number of aryl methyl sites for hydroxylation is 1. The normalized spacial score (nSPS) is 10.4. The number of hydrogen-bond donors (Lipinski definition) is 1. The fourth-order valence-electron chi connectivity index (χ4n) is 1.08. The molecule has 3 heteroatoms. The van der Waals surface area contributed by atoms with Crippen LogP contribution in [-0.2, 0) is 0 Å². The summed E-state index contributed by atoms with van der Waals surface area (Å²) in [4.78, 5) is 11.5. The van der Waals surface area contributed by atoms with Crippen LogP contribution in [0.2, 0.25) is 0 Å². The highest BCUT2D eigenvalue weighted by atomic mass is 16.2. The lowest BCUT2D eigenvalue weighted by atomic mass is 10.1. The largest absolute Gasteiger partial charge is 0.271 e. The van der Waals surface area contributed by atoms with E-state index in [1.54, 1.807) is 12.3 Å². The van der Waals surface area contributed by atoms with Crippen molar-refractivity contribution in [3.05, 3.63) is 35.4 Å². The van der Waals surface area contributed by atoms with Crippen LogP contribution in [0.4, 0.5) is 0 Å². The Morgan fingerprint density at radius 3 is 2.86 bits per heavy atom. The number of nitrogens with one attached hydrogen (secondary N) is 1. The molecule has 0 fully saturated rings. The van der Waals surface area contributed by atoms with Crippen molar-refractivity contribution >= 4 is 12.1 Å². The van der Waals surface area contributed by atoms with E-state index in [1.807, 2.05) is 32.0 Å². The first-order valence-electron chi connectivity index (χ1n) is 4.63. The molecule has 0 aromatic heterocycles. The Bertz CT molecular complexity index is 345. The molecule has 0 aliphatic carbocycles. The second kappa shape index (κ2) is 5.17. The van der Waals surface area contributed by atoms with Crippen LogP contribution in [0.25, 0.3) is 0 Å². The Labute approximate surface area is 83.8 Å². The monoisotopic (exact) mass is 190 g/mol. The summed E-state index contributed by atoms with van der Waals surface area (Å²) >= 11 is 0. The molecule has 0 atom stereocenters. The third kappa shape index (κ3) is 2.69. The fraction of sp³-hybridized carbons (Fsp3) is 0.273. The van der Waals surface area contributed by atoms with Crippen molar-refractivity contribution in [2.45, 2.75) is 20.3 Å². The zero-order valence-electron chi connectivity index (χ0n) is 8.45. The van der Waals surface area contributed by atoms with E-state index in [0.29, 0.717) is 5.56 Å². The van der Waals surface area contributed by atoms with Crippen LogP contribution in [0, 0.1) is 6.92 Å². The summed E-state index contributed by atoms with van der Waals surface area (Å²) in [5, 5.41) is 3.78. The molecule has 1 rings (SSSR count). The van der Waals surface area contributed by atoms with Gasteiger partial charge in [-0.05, 0) is 25.0 Å². The third-order valence-electron chi connectivity index (χ3n) is 1.83. The van der Waals surface area contributed by atoms with E-state index in [9.17, 15) is 4.79 Å². The molecule has 14 heavy (non-hydrogen) atoms. The minimum atomic E-state index is -0.159. The van der Waals surface area contributed by atoms with Gasteiger partial charge in [0.25, 0.3) is 5.91 Å². The maximum absolute atomic E-state index is 11.5. The highest BCUT2D eigenvalue weighted by Crippen LogP contribution is 2.05. The summed E-state index contributed by atoms with van der Waals surface area (Å²) in [5.74, 6) is -0.159. The Morgan fingerprint density at radius 1 is 1.50 bits per heavy atom. The maximum atomic E-state index is 11.5. The molecule has 1 aromatic carbocycles. The minimum Gasteiger partial charge on any atom is -0.267 e. The number of hydrazone groups is 1. The molecule has 0 saturated carbocycles. The van der Waals surface area contributed by atoms with Gasteiger partial charge in [0.15, 0.2) is 0 Å².